The van der Waals surface area contributed by atoms with Crippen molar-refractivity contribution in [2.45, 2.75) is 20.3 Å². The van der Waals surface area contributed by atoms with Crippen molar-refractivity contribution in [1.82, 2.24) is 5.32 Å². The SMILES string of the molecule is C=C/C=N\C(OC)=C(/C)C(=O)NCC/C=C\C(OC)=C(/C)F. The minimum atomic E-state index is -0.397. The van der Waals surface area contributed by atoms with E-state index in [4.69, 9.17) is 9.47 Å². The first-order valence-electron chi connectivity index (χ1n) is 6.73. The number of amides is 1. The van der Waals surface area contributed by atoms with Crippen LogP contribution in [0.4, 0.5) is 4.39 Å². The number of methoxy groups -OCH3 is 2. The normalized spacial score (nSPS) is 13.7. The lowest BCUT2D eigenvalue weighted by Gasteiger charge is -2.07. The molecule has 0 atom stereocenters. The first-order valence-corrected chi connectivity index (χ1v) is 6.73. The smallest absolute Gasteiger partial charge is 0.252 e. The molecule has 5 nitrogen and oxygen atoms in total. The second-order valence-electron chi connectivity index (χ2n) is 4.20. The molecular formula is C16H23FN2O3. The highest BCUT2D eigenvalue weighted by Crippen LogP contribution is 2.08. The second kappa shape index (κ2) is 11.3. The van der Waals surface area contributed by atoms with Gasteiger partial charge in [-0.05, 0) is 26.3 Å². The maximum Gasteiger partial charge on any atom is 0.252 e. The van der Waals surface area contributed by atoms with Crippen LogP contribution in [0, 0.1) is 0 Å². The summed E-state index contributed by atoms with van der Waals surface area (Å²) < 4.78 is 22.8. The van der Waals surface area contributed by atoms with Gasteiger partial charge in [0.25, 0.3) is 5.91 Å². The Morgan fingerprint density at radius 3 is 2.50 bits per heavy atom. The average Bonchev–Trinajstić information content (AvgIpc) is 2.50. The van der Waals surface area contributed by atoms with Gasteiger partial charge in [0.05, 0.1) is 19.8 Å². The Balaban J connectivity index is 4.48. The number of nitrogens with zero attached hydrogens (tertiary/aromatic N) is 1. The number of carbonyl (C=O) groups is 1. The molecule has 1 N–H and O–H groups in total. The summed E-state index contributed by atoms with van der Waals surface area (Å²) >= 11 is 0. The Morgan fingerprint density at radius 2 is 2.00 bits per heavy atom. The number of hydrogen-bond donors (Lipinski definition) is 1. The summed E-state index contributed by atoms with van der Waals surface area (Å²) in [6, 6.07) is 0. The van der Waals surface area contributed by atoms with Crippen LogP contribution >= 0.6 is 0 Å². The molecule has 0 saturated carbocycles. The predicted molar refractivity (Wildman–Crippen MR) is 86.0 cm³/mol. The molecule has 0 bridgehead atoms. The van der Waals surface area contributed by atoms with E-state index in [-0.39, 0.29) is 17.5 Å². The van der Waals surface area contributed by atoms with E-state index in [2.05, 4.69) is 16.9 Å². The van der Waals surface area contributed by atoms with Gasteiger partial charge in [0, 0.05) is 12.8 Å². The van der Waals surface area contributed by atoms with Crippen LogP contribution in [0.3, 0.4) is 0 Å². The molecule has 0 heterocycles. The van der Waals surface area contributed by atoms with E-state index >= 15 is 0 Å². The van der Waals surface area contributed by atoms with Crippen molar-refractivity contribution in [1.29, 1.82) is 0 Å². The summed E-state index contributed by atoms with van der Waals surface area (Å²) in [5.41, 5.74) is 0.363. The van der Waals surface area contributed by atoms with Gasteiger partial charge in [-0.3, -0.25) is 4.79 Å². The zero-order valence-electron chi connectivity index (χ0n) is 13.5. The highest BCUT2D eigenvalue weighted by molar-refractivity contribution is 5.93. The first-order chi connectivity index (χ1) is 10.5. The molecule has 0 radical (unpaired) electrons. The zero-order chi connectivity index (χ0) is 17.0. The molecule has 0 aromatic rings. The van der Waals surface area contributed by atoms with Crippen LogP contribution in [0.25, 0.3) is 0 Å². The van der Waals surface area contributed by atoms with E-state index in [0.717, 1.165) is 0 Å². The number of aliphatic imine (C=N–C) groups is 1. The van der Waals surface area contributed by atoms with E-state index in [1.165, 1.54) is 39.5 Å². The summed E-state index contributed by atoms with van der Waals surface area (Å²) in [5, 5.41) is 2.72. The van der Waals surface area contributed by atoms with Crippen LogP contribution < -0.4 is 5.32 Å². The average molecular weight is 310 g/mol. The molecule has 0 rings (SSSR count). The molecular weight excluding hydrogens is 287 g/mol. The van der Waals surface area contributed by atoms with E-state index in [0.29, 0.717) is 18.5 Å². The molecule has 0 aliphatic carbocycles. The maximum atomic E-state index is 12.9. The molecule has 0 aliphatic heterocycles. The highest BCUT2D eigenvalue weighted by atomic mass is 19.1. The molecule has 0 aromatic carbocycles. The number of rotatable bonds is 9. The Bertz CT molecular complexity index is 502. The number of halogens is 1. The third-order valence-corrected chi connectivity index (χ3v) is 2.58. The topological polar surface area (TPSA) is 59.9 Å². The van der Waals surface area contributed by atoms with Crippen molar-refractivity contribution in [3.8, 4) is 0 Å². The largest absolute Gasteiger partial charge is 0.494 e. The van der Waals surface area contributed by atoms with Crippen molar-refractivity contribution >= 4 is 12.1 Å². The fourth-order valence-corrected chi connectivity index (χ4v) is 1.44. The third kappa shape index (κ3) is 7.42. The highest BCUT2D eigenvalue weighted by Gasteiger charge is 2.09. The lowest BCUT2D eigenvalue weighted by Crippen LogP contribution is -2.25. The molecule has 0 saturated heterocycles. The van der Waals surface area contributed by atoms with Crippen molar-refractivity contribution in [2.24, 2.45) is 4.99 Å². The third-order valence-electron chi connectivity index (χ3n) is 2.58. The lowest BCUT2D eigenvalue weighted by molar-refractivity contribution is -0.117. The quantitative estimate of drug-likeness (QED) is 0.234. The van der Waals surface area contributed by atoms with Crippen LogP contribution in [0.2, 0.25) is 0 Å². The Labute approximate surface area is 130 Å². The van der Waals surface area contributed by atoms with Crippen LogP contribution in [-0.2, 0) is 14.3 Å². The summed E-state index contributed by atoms with van der Waals surface area (Å²) in [7, 11) is 2.84. The molecule has 6 heteroatoms. The van der Waals surface area contributed by atoms with Crippen molar-refractivity contribution < 1.29 is 18.7 Å². The monoisotopic (exact) mass is 310 g/mol. The lowest BCUT2D eigenvalue weighted by atomic mass is 10.2. The standard InChI is InChI=1S/C16H23FN2O3/c1-6-10-19-16(22-5)12(2)15(20)18-11-8-7-9-14(21-4)13(3)17/h6-7,9-10H,1,8,11H2,2-5H3,(H,18,20)/b9-7-,14-13-,16-12-,19-10-. The van der Waals surface area contributed by atoms with Gasteiger partial charge in [0.2, 0.25) is 5.88 Å². The van der Waals surface area contributed by atoms with Gasteiger partial charge in [0.15, 0.2) is 0 Å². The Hall–Kier alpha value is -2.37. The van der Waals surface area contributed by atoms with Gasteiger partial charge < -0.3 is 14.8 Å². The number of nitrogens with one attached hydrogen (secondary N) is 1. The number of hydrogen-bond acceptors (Lipinski definition) is 4. The summed E-state index contributed by atoms with van der Waals surface area (Å²) in [6.45, 7) is 6.83. The van der Waals surface area contributed by atoms with Crippen molar-refractivity contribution in [3.63, 3.8) is 0 Å². The van der Waals surface area contributed by atoms with Gasteiger partial charge in [-0.2, -0.15) is 0 Å². The molecule has 0 spiro atoms. The van der Waals surface area contributed by atoms with Crippen LogP contribution in [0.1, 0.15) is 20.3 Å². The van der Waals surface area contributed by atoms with E-state index in [1.807, 2.05) is 0 Å². The molecule has 122 valence electrons. The second-order valence-corrected chi connectivity index (χ2v) is 4.20. The van der Waals surface area contributed by atoms with Crippen LogP contribution in [-0.4, -0.2) is 32.9 Å². The van der Waals surface area contributed by atoms with Crippen LogP contribution in [0.15, 0.2) is 52.8 Å². The summed E-state index contributed by atoms with van der Waals surface area (Å²) in [6.07, 6.45) is 6.71. The van der Waals surface area contributed by atoms with Gasteiger partial charge in [-0.1, -0.05) is 18.7 Å². The predicted octanol–water partition coefficient (Wildman–Crippen LogP) is 3.03. The number of carbonyl (C=O) groups excluding carboxylic acids is 1. The van der Waals surface area contributed by atoms with Gasteiger partial charge in [-0.15, -0.1) is 0 Å². The van der Waals surface area contributed by atoms with E-state index in [9.17, 15) is 9.18 Å². The number of allylic oxidation sites excluding steroid dienone is 3. The molecule has 0 unspecified atom stereocenters. The molecule has 1 amide bonds. The van der Waals surface area contributed by atoms with Gasteiger partial charge in [-0.25, -0.2) is 9.38 Å². The number of ether oxygens (including phenoxy) is 2. The minimum absolute atomic E-state index is 0.169. The van der Waals surface area contributed by atoms with E-state index < -0.39 is 5.83 Å². The fourth-order valence-electron chi connectivity index (χ4n) is 1.44. The summed E-state index contributed by atoms with van der Waals surface area (Å²) in [4.78, 5) is 15.9. The fraction of sp³-hybridized carbons (Fsp3) is 0.375. The van der Waals surface area contributed by atoms with Crippen molar-refractivity contribution in [2.75, 3.05) is 20.8 Å². The maximum absolute atomic E-state index is 12.9. The zero-order valence-corrected chi connectivity index (χ0v) is 13.5. The Kier molecular flexibility index (Phi) is 10.1. The molecule has 0 fully saturated rings. The first kappa shape index (κ1) is 19.6. The van der Waals surface area contributed by atoms with Crippen molar-refractivity contribution in [3.05, 3.63) is 47.8 Å². The molecule has 22 heavy (non-hydrogen) atoms. The Morgan fingerprint density at radius 1 is 1.32 bits per heavy atom. The molecule has 0 aliphatic rings. The van der Waals surface area contributed by atoms with Gasteiger partial charge in [0.1, 0.15) is 11.6 Å². The molecule has 0 aromatic heterocycles. The van der Waals surface area contributed by atoms with Gasteiger partial charge >= 0.3 is 0 Å². The van der Waals surface area contributed by atoms with Crippen LogP contribution in [0.5, 0.6) is 0 Å². The van der Waals surface area contributed by atoms with E-state index in [1.54, 1.807) is 13.0 Å². The summed E-state index contributed by atoms with van der Waals surface area (Å²) in [5.74, 6) is -0.282. The minimum Gasteiger partial charge on any atom is -0.494 e.